The second-order valence-corrected chi connectivity index (χ2v) is 12.5. The van der Waals surface area contributed by atoms with Crippen LogP contribution in [0.25, 0.3) is 0 Å². The Morgan fingerprint density at radius 2 is 1.71 bits per heavy atom. The summed E-state index contributed by atoms with van der Waals surface area (Å²) < 4.78 is 0. The molecule has 0 aromatic heterocycles. The number of fused-ring (bicyclic) bond motifs is 3. The predicted molar refractivity (Wildman–Crippen MR) is 147 cm³/mol. The van der Waals surface area contributed by atoms with Gasteiger partial charge in [0.25, 0.3) is 0 Å². The molecule has 0 unspecified atom stereocenters. The Labute approximate surface area is 214 Å². The molecule has 6 aliphatic rings. The molecule has 0 radical (unpaired) electrons. The molecule has 1 spiro atoms. The van der Waals surface area contributed by atoms with E-state index in [0.29, 0.717) is 12.0 Å². The van der Waals surface area contributed by atoms with E-state index in [0.717, 1.165) is 0 Å². The van der Waals surface area contributed by atoms with Gasteiger partial charge < -0.3 is 4.90 Å². The van der Waals surface area contributed by atoms with Gasteiger partial charge in [-0.05, 0) is 88.5 Å². The van der Waals surface area contributed by atoms with E-state index in [1.54, 1.807) is 11.3 Å². The summed E-state index contributed by atoms with van der Waals surface area (Å²) in [5.41, 5.74) is 7.12. The molecule has 2 fully saturated rings. The van der Waals surface area contributed by atoms with E-state index in [-0.39, 0.29) is 5.66 Å². The Morgan fingerprint density at radius 1 is 0.886 bits per heavy atom. The van der Waals surface area contributed by atoms with Crippen molar-refractivity contribution in [1.82, 2.24) is 4.90 Å². The van der Waals surface area contributed by atoms with E-state index in [1.807, 2.05) is 11.8 Å². The summed E-state index contributed by atoms with van der Waals surface area (Å²) in [6.45, 7) is 0. The van der Waals surface area contributed by atoms with E-state index in [2.05, 4.69) is 47.4 Å². The summed E-state index contributed by atoms with van der Waals surface area (Å²) in [4.78, 5) is 16.4. The van der Waals surface area contributed by atoms with Crippen molar-refractivity contribution in [2.45, 2.75) is 106 Å². The highest BCUT2D eigenvalue weighted by Gasteiger charge is 2.55. The number of allylic oxidation sites excluding steroid dienone is 5. The summed E-state index contributed by atoms with van der Waals surface area (Å²) in [6, 6.07) is 11.3. The maximum atomic E-state index is 5.65. The van der Waals surface area contributed by atoms with E-state index in [9.17, 15) is 0 Å². The first kappa shape index (κ1) is 22.2. The van der Waals surface area contributed by atoms with Crippen molar-refractivity contribution < 1.29 is 0 Å². The molecule has 0 amide bonds. The lowest BCUT2D eigenvalue weighted by atomic mass is 9.70. The third kappa shape index (κ3) is 3.87. The highest BCUT2D eigenvalue weighted by molar-refractivity contribution is 8.04. The van der Waals surface area contributed by atoms with E-state index in [4.69, 9.17) is 9.98 Å². The summed E-state index contributed by atoms with van der Waals surface area (Å²) in [5.74, 6) is 0.671. The minimum atomic E-state index is -0.0328. The van der Waals surface area contributed by atoms with Gasteiger partial charge in [-0.2, -0.15) is 0 Å². The van der Waals surface area contributed by atoms with Crippen LogP contribution in [0.3, 0.4) is 0 Å². The average molecular weight is 484 g/mol. The Hall–Kier alpha value is -2.07. The van der Waals surface area contributed by atoms with Crippen LogP contribution in [0.15, 0.2) is 79.2 Å². The second-order valence-electron chi connectivity index (χ2n) is 11.4. The summed E-state index contributed by atoms with van der Waals surface area (Å²) in [6.07, 6.45) is 23.1. The van der Waals surface area contributed by atoms with Crippen LogP contribution < -0.4 is 0 Å². The first-order valence-corrected chi connectivity index (χ1v) is 15.0. The van der Waals surface area contributed by atoms with Crippen LogP contribution in [0.2, 0.25) is 0 Å². The largest absolute Gasteiger partial charge is 0.318 e. The first-order chi connectivity index (χ1) is 17.3. The molecule has 2 heterocycles. The first-order valence-electron chi connectivity index (χ1n) is 14.2. The lowest BCUT2D eigenvalue weighted by Crippen LogP contribution is -2.53. The maximum absolute atomic E-state index is 5.65. The van der Waals surface area contributed by atoms with E-state index >= 15 is 0 Å². The molecule has 182 valence electrons. The Kier molecular flexibility index (Phi) is 5.76. The Bertz CT molecular complexity index is 1150. The average Bonchev–Trinajstić information content (AvgIpc) is 3.22. The standard InChI is InChI=1S/C31H37N3S/c1-3-13-24(14-4-1)32-27-20-29-26(21-30(27)35-25-15-5-2-6-16-25)33-31-18-10-9-12-23(31)19-22-11-7-8-17-28(22)34(29)31/h2,5-6,15-16,20-21,23-24H,1,3-4,7-14,17-19H2/t23-,31+/m1/s1. The maximum Gasteiger partial charge on any atom is 0.139 e. The van der Waals surface area contributed by atoms with Crippen LogP contribution in [0.4, 0.5) is 0 Å². The van der Waals surface area contributed by atoms with E-state index in [1.165, 1.54) is 117 Å². The van der Waals surface area contributed by atoms with Crippen molar-refractivity contribution in [3.05, 3.63) is 64.4 Å². The van der Waals surface area contributed by atoms with Gasteiger partial charge in [-0.15, -0.1) is 0 Å². The zero-order chi connectivity index (χ0) is 23.2. The van der Waals surface area contributed by atoms with E-state index < -0.39 is 0 Å². The van der Waals surface area contributed by atoms with Gasteiger partial charge in [0.2, 0.25) is 0 Å². The van der Waals surface area contributed by atoms with Gasteiger partial charge in [0, 0.05) is 21.4 Å². The van der Waals surface area contributed by atoms with Gasteiger partial charge in [0.15, 0.2) is 0 Å². The van der Waals surface area contributed by atoms with Crippen LogP contribution >= 0.6 is 11.8 Å². The molecule has 3 nitrogen and oxygen atoms in total. The van der Waals surface area contributed by atoms with Crippen molar-refractivity contribution in [1.29, 1.82) is 0 Å². The van der Waals surface area contributed by atoms with Crippen molar-refractivity contribution >= 4 is 23.2 Å². The van der Waals surface area contributed by atoms with Crippen LogP contribution in [0.5, 0.6) is 0 Å². The number of benzene rings is 1. The van der Waals surface area contributed by atoms with Crippen LogP contribution in [0.1, 0.15) is 89.9 Å². The number of rotatable bonds is 3. The molecular formula is C31H37N3S. The summed E-state index contributed by atoms with van der Waals surface area (Å²) in [5, 5.41) is 0. The van der Waals surface area contributed by atoms with Crippen molar-refractivity contribution in [2.75, 3.05) is 0 Å². The lowest BCUT2D eigenvalue weighted by molar-refractivity contribution is 0.0498. The fourth-order valence-electron chi connectivity index (χ4n) is 7.52. The summed E-state index contributed by atoms with van der Waals surface area (Å²) in [7, 11) is 0. The van der Waals surface area contributed by atoms with Gasteiger partial charge in [-0.3, -0.25) is 9.98 Å². The van der Waals surface area contributed by atoms with Gasteiger partial charge in [0.1, 0.15) is 5.66 Å². The summed E-state index contributed by atoms with van der Waals surface area (Å²) >= 11 is 1.87. The second kappa shape index (κ2) is 9.10. The molecule has 7 rings (SSSR count). The zero-order valence-electron chi connectivity index (χ0n) is 20.8. The van der Waals surface area contributed by atoms with Gasteiger partial charge in [0.05, 0.1) is 23.2 Å². The molecule has 35 heavy (non-hydrogen) atoms. The van der Waals surface area contributed by atoms with Crippen molar-refractivity contribution in [3.8, 4) is 0 Å². The number of thioether (sulfide) groups is 1. The van der Waals surface area contributed by atoms with Crippen LogP contribution in [-0.4, -0.2) is 28.0 Å². The molecule has 1 aromatic rings. The zero-order valence-corrected chi connectivity index (χ0v) is 21.7. The van der Waals surface area contributed by atoms with Crippen molar-refractivity contribution in [2.24, 2.45) is 15.9 Å². The SMILES string of the molecule is C1=C(Sc2ccccc2)C(=NC2CCCCC2)C=C2C1=N[C@]13CCCC[C@@H]1CC1=C(CCCC1)N23. The fraction of sp³-hybridized carbons (Fsp3) is 0.548. The molecule has 4 heteroatoms. The highest BCUT2D eigenvalue weighted by Crippen LogP contribution is 2.56. The third-order valence-corrected chi connectivity index (χ3v) is 10.2. The molecule has 2 aliphatic heterocycles. The molecule has 4 aliphatic carbocycles. The predicted octanol–water partition coefficient (Wildman–Crippen LogP) is 8.21. The molecular weight excluding hydrogens is 446 g/mol. The smallest absolute Gasteiger partial charge is 0.139 e. The lowest BCUT2D eigenvalue weighted by Gasteiger charge is -2.52. The minimum absolute atomic E-state index is 0.0328. The monoisotopic (exact) mass is 483 g/mol. The molecule has 2 saturated carbocycles. The van der Waals surface area contributed by atoms with Crippen molar-refractivity contribution in [3.63, 3.8) is 0 Å². The molecule has 0 saturated heterocycles. The fourth-order valence-corrected chi connectivity index (χ4v) is 8.46. The number of hydrogen-bond donors (Lipinski definition) is 0. The molecule has 2 atom stereocenters. The van der Waals surface area contributed by atoms with Gasteiger partial charge in [-0.25, -0.2) is 0 Å². The number of hydrogen-bond acceptors (Lipinski definition) is 4. The Morgan fingerprint density at radius 3 is 2.60 bits per heavy atom. The Balaban J connectivity index is 1.34. The topological polar surface area (TPSA) is 28.0 Å². The minimum Gasteiger partial charge on any atom is -0.318 e. The van der Waals surface area contributed by atoms with Crippen LogP contribution in [0, 0.1) is 5.92 Å². The van der Waals surface area contributed by atoms with Gasteiger partial charge in [-0.1, -0.05) is 61.2 Å². The highest BCUT2D eigenvalue weighted by atomic mass is 32.2. The number of nitrogens with zero attached hydrogens (tertiary/aromatic N) is 3. The normalized spacial score (nSPS) is 31.8. The molecule has 1 aromatic carbocycles. The quantitative estimate of drug-likeness (QED) is 0.405. The molecule has 0 bridgehead atoms. The third-order valence-electron chi connectivity index (χ3n) is 9.18. The molecule has 0 N–H and O–H groups in total. The van der Waals surface area contributed by atoms with Crippen LogP contribution in [-0.2, 0) is 0 Å². The number of aliphatic imine (C=N–C) groups is 2. The van der Waals surface area contributed by atoms with Gasteiger partial charge >= 0.3 is 0 Å².